The first-order valence-electron chi connectivity index (χ1n) is 6.87. The summed E-state index contributed by atoms with van der Waals surface area (Å²) in [4.78, 5) is 0. The lowest BCUT2D eigenvalue weighted by Crippen LogP contribution is -2.31. The van der Waals surface area contributed by atoms with Crippen LogP contribution < -0.4 is 0 Å². The maximum atomic E-state index is 4.36. The maximum absolute atomic E-state index is 4.36. The zero-order valence-corrected chi connectivity index (χ0v) is 11.6. The van der Waals surface area contributed by atoms with Crippen LogP contribution >= 0.6 is 11.8 Å². The van der Waals surface area contributed by atoms with Gasteiger partial charge in [-0.2, -0.15) is 0 Å². The minimum Gasteiger partial charge on any atom is -0.150 e. The molecule has 2 saturated heterocycles. The Morgan fingerprint density at radius 2 is 2.12 bits per heavy atom. The third-order valence-electron chi connectivity index (χ3n) is 5.60. The van der Waals surface area contributed by atoms with Gasteiger partial charge in [-0.15, -0.1) is 11.8 Å². The molecule has 5 atom stereocenters. The summed E-state index contributed by atoms with van der Waals surface area (Å²) in [5, 5.41) is 1.75. The van der Waals surface area contributed by atoms with Crippen LogP contribution in [-0.4, -0.2) is 10.5 Å². The SMILES string of the molecule is C=C1CC[C@@H]2S[C@@H]1[C@H]1[C@H](C(C)C)CC[C@]12C. The van der Waals surface area contributed by atoms with Gasteiger partial charge in [-0.25, -0.2) is 0 Å². The molecule has 0 amide bonds. The topological polar surface area (TPSA) is 0 Å². The summed E-state index contributed by atoms with van der Waals surface area (Å²) in [6.07, 6.45) is 5.65. The molecule has 3 aliphatic rings. The van der Waals surface area contributed by atoms with Crippen LogP contribution in [0.25, 0.3) is 0 Å². The highest BCUT2D eigenvalue weighted by molar-refractivity contribution is 8.01. The number of rotatable bonds is 1. The Balaban J connectivity index is 1.98. The number of hydrogen-bond acceptors (Lipinski definition) is 1. The lowest BCUT2D eigenvalue weighted by Gasteiger charge is -2.32. The summed E-state index contributed by atoms with van der Waals surface area (Å²) in [6, 6.07) is 0. The lowest BCUT2D eigenvalue weighted by molar-refractivity contribution is 0.189. The standard InChI is InChI=1S/C15H24S/c1-9(2)11-7-8-15(4)12-6-5-10(3)14(16-12)13(11)15/h9,11-14H,3,5-8H2,1-2,4H3/t11-,12-,13+,14-,15-/m0/s1. The van der Waals surface area contributed by atoms with E-state index in [0.717, 1.165) is 28.3 Å². The molecular weight excluding hydrogens is 212 g/mol. The van der Waals surface area contributed by atoms with Gasteiger partial charge >= 0.3 is 0 Å². The van der Waals surface area contributed by atoms with Crippen molar-refractivity contribution < 1.29 is 0 Å². The van der Waals surface area contributed by atoms with E-state index in [0.29, 0.717) is 5.41 Å². The second-order valence-corrected chi connectivity index (χ2v) is 8.07. The molecule has 1 heteroatoms. The first kappa shape index (κ1) is 11.2. The van der Waals surface area contributed by atoms with Crippen molar-refractivity contribution in [3.8, 4) is 0 Å². The molecule has 3 fully saturated rings. The molecule has 0 aromatic rings. The average molecular weight is 236 g/mol. The third-order valence-corrected chi connectivity index (χ3v) is 7.62. The Labute approximate surface area is 104 Å². The van der Waals surface area contributed by atoms with Crippen molar-refractivity contribution in [3.63, 3.8) is 0 Å². The van der Waals surface area contributed by atoms with Gasteiger partial charge in [0.2, 0.25) is 0 Å². The van der Waals surface area contributed by atoms with Gasteiger partial charge in [0.15, 0.2) is 0 Å². The second-order valence-electron chi connectivity index (χ2n) is 6.72. The zero-order chi connectivity index (χ0) is 11.5. The van der Waals surface area contributed by atoms with Crippen LogP contribution in [0.15, 0.2) is 12.2 Å². The fraction of sp³-hybridized carbons (Fsp3) is 0.867. The van der Waals surface area contributed by atoms with Crippen molar-refractivity contribution in [3.05, 3.63) is 12.2 Å². The van der Waals surface area contributed by atoms with Crippen LogP contribution in [0.2, 0.25) is 0 Å². The highest BCUT2D eigenvalue weighted by atomic mass is 32.2. The van der Waals surface area contributed by atoms with E-state index in [4.69, 9.17) is 0 Å². The average Bonchev–Trinajstić information content (AvgIpc) is 2.67. The molecule has 2 bridgehead atoms. The maximum Gasteiger partial charge on any atom is 0.0293 e. The van der Waals surface area contributed by atoms with Gasteiger partial charge in [0, 0.05) is 10.5 Å². The Morgan fingerprint density at radius 1 is 1.38 bits per heavy atom. The molecule has 16 heavy (non-hydrogen) atoms. The molecule has 3 rings (SSSR count). The van der Waals surface area contributed by atoms with Crippen molar-refractivity contribution in [2.75, 3.05) is 0 Å². The van der Waals surface area contributed by atoms with Crippen molar-refractivity contribution >= 4 is 11.8 Å². The molecule has 0 spiro atoms. The molecule has 90 valence electrons. The van der Waals surface area contributed by atoms with E-state index in [1.165, 1.54) is 25.7 Å². The number of fused-ring (bicyclic) bond motifs is 5. The van der Waals surface area contributed by atoms with Crippen LogP contribution in [0.3, 0.4) is 0 Å². The summed E-state index contributed by atoms with van der Waals surface area (Å²) in [5.41, 5.74) is 2.20. The summed E-state index contributed by atoms with van der Waals surface area (Å²) in [6.45, 7) is 11.8. The predicted molar refractivity (Wildman–Crippen MR) is 72.7 cm³/mol. The van der Waals surface area contributed by atoms with Crippen LogP contribution in [0.5, 0.6) is 0 Å². The summed E-state index contributed by atoms with van der Waals surface area (Å²) in [5.74, 6) is 2.76. The normalized spacial score (nSPS) is 51.1. The Hall–Kier alpha value is 0.0900. The predicted octanol–water partition coefficient (Wildman–Crippen LogP) is 4.51. The minimum absolute atomic E-state index is 0.643. The zero-order valence-electron chi connectivity index (χ0n) is 10.8. The van der Waals surface area contributed by atoms with Crippen molar-refractivity contribution in [2.24, 2.45) is 23.2 Å². The van der Waals surface area contributed by atoms with Gasteiger partial charge in [-0.1, -0.05) is 32.9 Å². The number of hydrogen-bond donors (Lipinski definition) is 0. The molecule has 2 heterocycles. The van der Waals surface area contributed by atoms with E-state index >= 15 is 0 Å². The van der Waals surface area contributed by atoms with Gasteiger partial charge in [0.05, 0.1) is 0 Å². The third kappa shape index (κ3) is 1.30. The largest absolute Gasteiger partial charge is 0.150 e. The molecule has 1 saturated carbocycles. The summed E-state index contributed by atoms with van der Waals surface area (Å²) in [7, 11) is 0. The van der Waals surface area contributed by atoms with Crippen molar-refractivity contribution in [1.29, 1.82) is 0 Å². The molecule has 0 aromatic carbocycles. The fourth-order valence-corrected chi connectivity index (χ4v) is 6.82. The van der Waals surface area contributed by atoms with E-state index < -0.39 is 0 Å². The van der Waals surface area contributed by atoms with Gasteiger partial charge in [-0.05, 0) is 48.9 Å². The van der Waals surface area contributed by atoms with Crippen LogP contribution in [-0.2, 0) is 0 Å². The number of thioether (sulfide) groups is 1. The van der Waals surface area contributed by atoms with Crippen LogP contribution in [0.4, 0.5) is 0 Å². The van der Waals surface area contributed by atoms with Gasteiger partial charge < -0.3 is 0 Å². The highest BCUT2D eigenvalue weighted by Gasteiger charge is 2.60. The van der Waals surface area contributed by atoms with Gasteiger partial charge in [0.1, 0.15) is 0 Å². The Morgan fingerprint density at radius 3 is 2.81 bits per heavy atom. The molecular formula is C15H24S. The van der Waals surface area contributed by atoms with E-state index in [1.807, 2.05) is 0 Å². The van der Waals surface area contributed by atoms with Crippen molar-refractivity contribution in [2.45, 2.75) is 57.0 Å². The Kier molecular flexibility index (Phi) is 2.48. The smallest absolute Gasteiger partial charge is 0.0293 e. The van der Waals surface area contributed by atoms with Crippen LogP contribution in [0.1, 0.15) is 46.5 Å². The summed E-state index contributed by atoms with van der Waals surface area (Å²) >= 11 is 2.27. The summed E-state index contributed by atoms with van der Waals surface area (Å²) < 4.78 is 0. The molecule has 0 nitrogen and oxygen atoms in total. The molecule has 0 N–H and O–H groups in total. The fourth-order valence-electron chi connectivity index (χ4n) is 4.63. The quantitative estimate of drug-likeness (QED) is 0.604. The lowest BCUT2D eigenvalue weighted by atomic mass is 9.71. The minimum atomic E-state index is 0.643. The van der Waals surface area contributed by atoms with Crippen molar-refractivity contribution in [1.82, 2.24) is 0 Å². The van der Waals surface area contributed by atoms with Crippen LogP contribution in [0, 0.1) is 23.2 Å². The first-order chi connectivity index (χ1) is 7.54. The molecule has 1 aliphatic carbocycles. The van der Waals surface area contributed by atoms with Gasteiger partial charge in [0.25, 0.3) is 0 Å². The Bertz CT molecular complexity index is 319. The molecule has 2 aliphatic heterocycles. The van der Waals surface area contributed by atoms with E-state index in [1.54, 1.807) is 5.57 Å². The molecule has 0 unspecified atom stereocenters. The van der Waals surface area contributed by atoms with E-state index in [9.17, 15) is 0 Å². The van der Waals surface area contributed by atoms with E-state index in [2.05, 4.69) is 39.1 Å². The molecule has 0 radical (unpaired) electrons. The van der Waals surface area contributed by atoms with Gasteiger partial charge in [-0.3, -0.25) is 0 Å². The highest BCUT2D eigenvalue weighted by Crippen LogP contribution is 2.67. The van der Waals surface area contributed by atoms with E-state index in [-0.39, 0.29) is 0 Å². The molecule has 0 aromatic heterocycles. The monoisotopic (exact) mass is 236 g/mol. The second kappa shape index (κ2) is 3.54. The first-order valence-corrected chi connectivity index (χ1v) is 7.81.